The Hall–Kier alpha value is -2.33. The third-order valence-electron chi connectivity index (χ3n) is 3.08. The summed E-state index contributed by atoms with van der Waals surface area (Å²) in [4.78, 5) is 25.4. The Bertz CT molecular complexity index is 671. The average molecular weight is 303 g/mol. The molecule has 21 heavy (non-hydrogen) atoms. The number of anilines is 2. The van der Waals surface area contributed by atoms with E-state index >= 15 is 0 Å². The van der Waals surface area contributed by atoms with E-state index in [1.165, 1.54) is 4.90 Å². The molecule has 0 aliphatic rings. The van der Waals surface area contributed by atoms with Crippen molar-refractivity contribution in [3.05, 3.63) is 59.1 Å². The van der Waals surface area contributed by atoms with E-state index in [4.69, 9.17) is 11.6 Å². The van der Waals surface area contributed by atoms with Gasteiger partial charge in [0.2, 0.25) is 0 Å². The molecule has 0 aliphatic carbocycles. The smallest absolute Gasteiger partial charge is 0.316 e. The molecule has 0 spiro atoms. The summed E-state index contributed by atoms with van der Waals surface area (Å²) in [6.07, 6.45) is 0. The lowest BCUT2D eigenvalue weighted by Gasteiger charge is -2.17. The van der Waals surface area contributed by atoms with Gasteiger partial charge in [-0.05, 0) is 42.8 Å². The second kappa shape index (κ2) is 6.41. The highest BCUT2D eigenvalue weighted by Gasteiger charge is 2.20. The molecule has 0 aliphatic heterocycles. The van der Waals surface area contributed by atoms with Crippen LogP contribution in [0.3, 0.4) is 0 Å². The maximum atomic E-state index is 12.1. The van der Waals surface area contributed by atoms with Crippen LogP contribution in [0.1, 0.15) is 5.56 Å². The minimum absolute atomic E-state index is 0.569. The first kappa shape index (κ1) is 15.1. The molecule has 0 saturated carbocycles. The third kappa shape index (κ3) is 3.61. The molecule has 2 aromatic carbocycles. The first-order chi connectivity index (χ1) is 9.99. The van der Waals surface area contributed by atoms with Crippen molar-refractivity contribution >= 4 is 34.8 Å². The molecule has 0 atom stereocenters. The summed E-state index contributed by atoms with van der Waals surface area (Å²) in [7, 11) is 1.56. The van der Waals surface area contributed by atoms with Crippen LogP contribution in [0.2, 0.25) is 5.02 Å². The summed E-state index contributed by atoms with van der Waals surface area (Å²) in [5.74, 6) is -1.32. The van der Waals surface area contributed by atoms with Crippen LogP contribution in [0.4, 0.5) is 11.4 Å². The maximum Gasteiger partial charge on any atom is 0.316 e. The zero-order valence-corrected chi connectivity index (χ0v) is 12.5. The van der Waals surface area contributed by atoms with E-state index in [9.17, 15) is 9.59 Å². The first-order valence-corrected chi connectivity index (χ1v) is 6.77. The van der Waals surface area contributed by atoms with Crippen molar-refractivity contribution in [2.45, 2.75) is 6.92 Å². The normalized spacial score (nSPS) is 10.0. The lowest BCUT2D eigenvalue weighted by atomic mass is 10.2. The van der Waals surface area contributed by atoms with Gasteiger partial charge < -0.3 is 10.2 Å². The van der Waals surface area contributed by atoms with Crippen LogP contribution in [0.25, 0.3) is 0 Å². The molecule has 0 aromatic heterocycles. The van der Waals surface area contributed by atoms with E-state index in [0.717, 1.165) is 5.56 Å². The Kier molecular flexibility index (Phi) is 4.60. The molecular weight excluding hydrogens is 288 g/mol. The molecule has 0 fully saturated rings. The molecule has 4 nitrogen and oxygen atoms in total. The van der Waals surface area contributed by atoms with Crippen molar-refractivity contribution in [3.63, 3.8) is 0 Å². The number of nitrogens with zero attached hydrogens (tertiary/aromatic N) is 1. The van der Waals surface area contributed by atoms with E-state index in [-0.39, 0.29) is 0 Å². The highest BCUT2D eigenvalue weighted by molar-refractivity contribution is 6.44. The Morgan fingerprint density at radius 2 is 1.76 bits per heavy atom. The minimum atomic E-state index is -0.688. The molecule has 0 radical (unpaired) electrons. The SMILES string of the molecule is Cc1cc(Cl)ccc1NC(=O)C(=O)N(C)c1ccccc1. The number of carbonyl (C=O) groups excluding carboxylic acids is 2. The molecule has 1 N–H and O–H groups in total. The number of rotatable bonds is 2. The largest absolute Gasteiger partial charge is 0.318 e. The van der Waals surface area contributed by atoms with Crippen LogP contribution in [-0.4, -0.2) is 18.9 Å². The standard InChI is InChI=1S/C16H15ClN2O2/c1-11-10-12(17)8-9-14(11)18-15(20)16(21)19(2)13-6-4-3-5-7-13/h3-10H,1-2H3,(H,18,20). The molecule has 0 heterocycles. The summed E-state index contributed by atoms with van der Waals surface area (Å²) >= 11 is 5.86. The van der Waals surface area contributed by atoms with Gasteiger partial charge >= 0.3 is 11.8 Å². The Balaban J connectivity index is 2.11. The lowest BCUT2D eigenvalue weighted by Crippen LogP contribution is -2.37. The Labute approximate surface area is 128 Å². The van der Waals surface area contributed by atoms with Crippen LogP contribution in [0.5, 0.6) is 0 Å². The number of hydrogen-bond donors (Lipinski definition) is 1. The molecule has 2 aromatic rings. The van der Waals surface area contributed by atoms with Crippen molar-refractivity contribution in [3.8, 4) is 0 Å². The molecule has 108 valence electrons. The highest BCUT2D eigenvalue weighted by Crippen LogP contribution is 2.20. The molecule has 0 saturated heterocycles. The number of likely N-dealkylation sites (N-methyl/N-ethyl adjacent to an activating group) is 1. The van der Waals surface area contributed by atoms with Crippen LogP contribution < -0.4 is 10.2 Å². The van der Waals surface area contributed by atoms with Crippen molar-refractivity contribution in [2.24, 2.45) is 0 Å². The monoisotopic (exact) mass is 302 g/mol. The van der Waals surface area contributed by atoms with Gasteiger partial charge in [-0.3, -0.25) is 9.59 Å². The fourth-order valence-corrected chi connectivity index (χ4v) is 2.09. The molecule has 2 amide bonds. The van der Waals surface area contributed by atoms with E-state index in [1.54, 1.807) is 49.5 Å². The van der Waals surface area contributed by atoms with Gasteiger partial charge in [0, 0.05) is 23.4 Å². The summed E-state index contributed by atoms with van der Waals surface area (Å²) in [6, 6.07) is 14.0. The number of hydrogen-bond acceptors (Lipinski definition) is 2. The number of carbonyl (C=O) groups is 2. The van der Waals surface area contributed by atoms with Gasteiger partial charge in [-0.1, -0.05) is 29.8 Å². The van der Waals surface area contributed by atoms with Gasteiger partial charge in [-0.15, -0.1) is 0 Å². The number of aryl methyl sites for hydroxylation is 1. The van der Waals surface area contributed by atoms with Crippen molar-refractivity contribution < 1.29 is 9.59 Å². The second-order valence-corrected chi connectivity index (χ2v) is 5.05. The van der Waals surface area contributed by atoms with Gasteiger partial charge in [0.15, 0.2) is 0 Å². The fraction of sp³-hybridized carbons (Fsp3) is 0.125. The van der Waals surface area contributed by atoms with E-state index in [2.05, 4.69) is 5.32 Å². The summed E-state index contributed by atoms with van der Waals surface area (Å²) in [5, 5.41) is 3.18. The van der Waals surface area contributed by atoms with E-state index < -0.39 is 11.8 Å². The quantitative estimate of drug-likeness (QED) is 0.866. The van der Waals surface area contributed by atoms with Crippen molar-refractivity contribution in [1.29, 1.82) is 0 Å². The molecule has 2 rings (SSSR count). The van der Waals surface area contributed by atoms with Gasteiger partial charge in [0.25, 0.3) is 0 Å². The van der Waals surface area contributed by atoms with Crippen molar-refractivity contribution in [1.82, 2.24) is 0 Å². The summed E-state index contributed by atoms with van der Waals surface area (Å²) < 4.78 is 0. The van der Waals surface area contributed by atoms with Crippen LogP contribution in [0.15, 0.2) is 48.5 Å². The van der Waals surface area contributed by atoms with E-state index in [0.29, 0.717) is 16.4 Å². The Morgan fingerprint density at radius 3 is 2.38 bits per heavy atom. The van der Waals surface area contributed by atoms with Crippen LogP contribution in [0, 0.1) is 6.92 Å². The first-order valence-electron chi connectivity index (χ1n) is 6.39. The minimum Gasteiger partial charge on any atom is -0.318 e. The zero-order valence-electron chi connectivity index (χ0n) is 11.8. The predicted molar refractivity (Wildman–Crippen MR) is 84.7 cm³/mol. The molecular formula is C16H15ClN2O2. The summed E-state index contributed by atoms with van der Waals surface area (Å²) in [5.41, 5.74) is 2.02. The molecule has 5 heteroatoms. The number of benzene rings is 2. The van der Waals surface area contributed by atoms with Gasteiger partial charge in [-0.2, -0.15) is 0 Å². The zero-order chi connectivity index (χ0) is 15.4. The lowest BCUT2D eigenvalue weighted by molar-refractivity contribution is -0.134. The maximum absolute atomic E-state index is 12.1. The van der Waals surface area contributed by atoms with Crippen LogP contribution >= 0.6 is 11.6 Å². The number of amides is 2. The van der Waals surface area contributed by atoms with Crippen LogP contribution in [-0.2, 0) is 9.59 Å². The van der Waals surface area contributed by atoms with Gasteiger partial charge in [-0.25, -0.2) is 0 Å². The Morgan fingerprint density at radius 1 is 1.10 bits per heavy atom. The van der Waals surface area contributed by atoms with Crippen molar-refractivity contribution in [2.75, 3.05) is 17.3 Å². The number of para-hydroxylation sites is 1. The third-order valence-corrected chi connectivity index (χ3v) is 3.31. The molecule has 0 bridgehead atoms. The van der Waals surface area contributed by atoms with Gasteiger partial charge in [0.05, 0.1) is 0 Å². The second-order valence-electron chi connectivity index (χ2n) is 4.61. The predicted octanol–water partition coefficient (Wildman–Crippen LogP) is 3.25. The average Bonchev–Trinajstić information content (AvgIpc) is 2.49. The van der Waals surface area contributed by atoms with E-state index in [1.807, 2.05) is 13.0 Å². The van der Waals surface area contributed by atoms with Gasteiger partial charge in [0.1, 0.15) is 0 Å². The fourth-order valence-electron chi connectivity index (χ4n) is 1.86. The number of nitrogens with one attached hydrogen (secondary N) is 1. The number of halogens is 1. The topological polar surface area (TPSA) is 49.4 Å². The summed E-state index contributed by atoms with van der Waals surface area (Å²) in [6.45, 7) is 1.81. The highest BCUT2D eigenvalue weighted by atomic mass is 35.5. The molecule has 0 unspecified atom stereocenters.